The maximum absolute atomic E-state index is 8.99. The van der Waals surface area contributed by atoms with Crippen molar-refractivity contribution in [2.24, 2.45) is 0 Å². The van der Waals surface area contributed by atoms with Crippen molar-refractivity contribution in [2.75, 3.05) is 6.61 Å². The summed E-state index contributed by atoms with van der Waals surface area (Å²) in [6.45, 7) is 4.43. The van der Waals surface area contributed by atoms with Gasteiger partial charge in [0.15, 0.2) is 0 Å². The highest BCUT2D eigenvalue weighted by Gasteiger charge is 2.06. The van der Waals surface area contributed by atoms with Crippen LogP contribution in [0.5, 0.6) is 17.2 Å². The predicted molar refractivity (Wildman–Crippen MR) is 73.6 cm³/mol. The second-order valence-corrected chi connectivity index (χ2v) is 4.12. The van der Waals surface area contributed by atoms with Gasteiger partial charge in [0.05, 0.1) is 12.2 Å². The van der Waals surface area contributed by atoms with Crippen LogP contribution in [0, 0.1) is 18.3 Å². The molecule has 0 N–H and O–H groups in total. The van der Waals surface area contributed by atoms with Crippen LogP contribution < -0.4 is 9.47 Å². The fourth-order valence-corrected chi connectivity index (χ4v) is 1.68. The zero-order valence-electron chi connectivity index (χ0n) is 11.0. The third kappa shape index (κ3) is 3.26. The number of hydrogen-bond acceptors (Lipinski definition) is 3. The molecule has 0 aromatic heterocycles. The molecule has 0 atom stereocenters. The number of ether oxygens (including phenoxy) is 2. The third-order valence-electron chi connectivity index (χ3n) is 2.63. The molecule has 0 unspecified atom stereocenters. The zero-order chi connectivity index (χ0) is 13.7. The van der Waals surface area contributed by atoms with E-state index in [1.165, 1.54) is 5.56 Å². The van der Waals surface area contributed by atoms with Crippen LogP contribution in [0.2, 0.25) is 0 Å². The minimum absolute atomic E-state index is 0.512. The molecule has 0 amide bonds. The van der Waals surface area contributed by atoms with E-state index in [0.29, 0.717) is 23.7 Å². The Hall–Kier alpha value is -2.47. The zero-order valence-corrected chi connectivity index (χ0v) is 11.0. The first-order valence-electron chi connectivity index (χ1n) is 6.14. The number of nitriles is 1. The van der Waals surface area contributed by atoms with E-state index in [9.17, 15) is 0 Å². The molecule has 2 rings (SSSR count). The lowest BCUT2D eigenvalue weighted by molar-refractivity contribution is 0.337. The summed E-state index contributed by atoms with van der Waals surface area (Å²) in [7, 11) is 0. The fourth-order valence-electron chi connectivity index (χ4n) is 1.68. The van der Waals surface area contributed by atoms with Crippen LogP contribution in [0.1, 0.15) is 18.1 Å². The Morgan fingerprint density at radius 3 is 2.37 bits per heavy atom. The van der Waals surface area contributed by atoms with Crippen LogP contribution in [-0.4, -0.2) is 6.61 Å². The van der Waals surface area contributed by atoms with Gasteiger partial charge in [0.1, 0.15) is 23.3 Å². The average Bonchev–Trinajstić information content (AvgIpc) is 2.42. The van der Waals surface area contributed by atoms with Gasteiger partial charge in [-0.2, -0.15) is 5.26 Å². The fraction of sp³-hybridized carbons (Fsp3) is 0.188. The van der Waals surface area contributed by atoms with Crippen molar-refractivity contribution in [3.63, 3.8) is 0 Å². The molecule has 0 bridgehead atoms. The summed E-state index contributed by atoms with van der Waals surface area (Å²) in [5.74, 6) is 1.97. The lowest BCUT2D eigenvalue weighted by Crippen LogP contribution is -1.95. The van der Waals surface area contributed by atoms with Gasteiger partial charge in [0, 0.05) is 6.07 Å². The molecule has 96 valence electrons. The number of nitrogens with zero attached hydrogens (tertiary/aromatic N) is 1. The van der Waals surface area contributed by atoms with Gasteiger partial charge in [-0.25, -0.2) is 0 Å². The van der Waals surface area contributed by atoms with E-state index in [1.807, 2.05) is 38.1 Å². The van der Waals surface area contributed by atoms with Crippen LogP contribution in [-0.2, 0) is 0 Å². The molecular formula is C16H15NO2. The number of hydrogen-bond donors (Lipinski definition) is 0. The molecule has 3 heteroatoms. The summed E-state index contributed by atoms with van der Waals surface area (Å²) < 4.78 is 11.2. The summed E-state index contributed by atoms with van der Waals surface area (Å²) in [6.07, 6.45) is 0. The maximum Gasteiger partial charge on any atom is 0.140 e. The van der Waals surface area contributed by atoms with Gasteiger partial charge in [-0.15, -0.1) is 0 Å². The first kappa shape index (κ1) is 13.0. The standard InChI is InChI=1S/C16H15NO2/c1-3-18-16-10-15(9-6-13(16)11-17)19-14-7-4-12(2)5-8-14/h4-10H,3H2,1-2H3. The summed E-state index contributed by atoms with van der Waals surface area (Å²) in [4.78, 5) is 0. The van der Waals surface area contributed by atoms with Crippen molar-refractivity contribution in [1.29, 1.82) is 5.26 Å². The van der Waals surface area contributed by atoms with Crippen molar-refractivity contribution >= 4 is 0 Å². The highest BCUT2D eigenvalue weighted by Crippen LogP contribution is 2.28. The van der Waals surface area contributed by atoms with E-state index >= 15 is 0 Å². The van der Waals surface area contributed by atoms with Crippen molar-refractivity contribution in [1.82, 2.24) is 0 Å². The van der Waals surface area contributed by atoms with Crippen molar-refractivity contribution in [2.45, 2.75) is 13.8 Å². The molecule has 0 heterocycles. The van der Waals surface area contributed by atoms with Gasteiger partial charge in [-0.1, -0.05) is 17.7 Å². The maximum atomic E-state index is 8.99. The second-order valence-electron chi connectivity index (χ2n) is 4.12. The molecule has 0 spiro atoms. The third-order valence-corrected chi connectivity index (χ3v) is 2.63. The smallest absolute Gasteiger partial charge is 0.140 e. The number of aryl methyl sites for hydroxylation is 1. The molecule has 0 aliphatic heterocycles. The van der Waals surface area contributed by atoms with Gasteiger partial charge >= 0.3 is 0 Å². The van der Waals surface area contributed by atoms with E-state index in [2.05, 4.69) is 6.07 Å². The molecule has 0 saturated heterocycles. The van der Waals surface area contributed by atoms with Crippen LogP contribution in [0.25, 0.3) is 0 Å². The quantitative estimate of drug-likeness (QED) is 0.825. The number of rotatable bonds is 4. The molecule has 0 aliphatic carbocycles. The number of benzene rings is 2. The lowest BCUT2D eigenvalue weighted by Gasteiger charge is -2.09. The minimum atomic E-state index is 0.512. The first-order chi connectivity index (χ1) is 9.22. The van der Waals surface area contributed by atoms with Gasteiger partial charge < -0.3 is 9.47 Å². The summed E-state index contributed by atoms with van der Waals surface area (Å²) in [5.41, 5.74) is 1.69. The Balaban J connectivity index is 2.23. The van der Waals surface area contributed by atoms with Crippen LogP contribution in [0.3, 0.4) is 0 Å². The minimum Gasteiger partial charge on any atom is -0.492 e. The molecule has 2 aromatic rings. The SMILES string of the molecule is CCOc1cc(Oc2ccc(C)cc2)ccc1C#N. The van der Waals surface area contributed by atoms with E-state index in [0.717, 1.165) is 5.75 Å². The Labute approximate surface area is 113 Å². The largest absolute Gasteiger partial charge is 0.492 e. The van der Waals surface area contributed by atoms with E-state index < -0.39 is 0 Å². The molecule has 19 heavy (non-hydrogen) atoms. The first-order valence-corrected chi connectivity index (χ1v) is 6.14. The van der Waals surface area contributed by atoms with E-state index in [1.54, 1.807) is 18.2 Å². The van der Waals surface area contributed by atoms with Crippen LogP contribution in [0.15, 0.2) is 42.5 Å². The summed E-state index contributed by atoms with van der Waals surface area (Å²) in [6, 6.07) is 15.1. The molecular weight excluding hydrogens is 238 g/mol. The van der Waals surface area contributed by atoms with Gasteiger partial charge in [0.25, 0.3) is 0 Å². The van der Waals surface area contributed by atoms with Crippen molar-refractivity contribution in [3.8, 4) is 23.3 Å². The molecule has 0 aliphatic rings. The second kappa shape index (κ2) is 5.92. The van der Waals surface area contributed by atoms with Gasteiger partial charge in [-0.05, 0) is 38.1 Å². The van der Waals surface area contributed by atoms with Gasteiger partial charge in [0.2, 0.25) is 0 Å². The Kier molecular flexibility index (Phi) is 4.04. The average molecular weight is 253 g/mol. The normalized spacial score (nSPS) is 9.74. The van der Waals surface area contributed by atoms with E-state index in [4.69, 9.17) is 14.7 Å². The van der Waals surface area contributed by atoms with Crippen molar-refractivity contribution in [3.05, 3.63) is 53.6 Å². The molecule has 3 nitrogen and oxygen atoms in total. The monoisotopic (exact) mass is 253 g/mol. The molecule has 0 saturated carbocycles. The molecule has 0 radical (unpaired) electrons. The lowest BCUT2D eigenvalue weighted by atomic mass is 10.2. The predicted octanol–water partition coefficient (Wildman–Crippen LogP) is 4.06. The van der Waals surface area contributed by atoms with Crippen molar-refractivity contribution < 1.29 is 9.47 Å². The topological polar surface area (TPSA) is 42.2 Å². The van der Waals surface area contributed by atoms with Crippen LogP contribution in [0.4, 0.5) is 0 Å². The van der Waals surface area contributed by atoms with Crippen LogP contribution >= 0.6 is 0 Å². The Bertz CT molecular complexity index is 597. The molecule has 0 fully saturated rings. The van der Waals surface area contributed by atoms with E-state index in [-0.39, 0.29) is 0 Å². The van der Waals surface area contributed by atoms with Gasteiger partial charge in [-0.3, -0.25) is 0 Å². The Morgan fingerprint density at radius 2 is 1.74 bits per heavy atom. The summed E-state index contributed by atoms with van der Waals surface area (Å²) in [5, 5.41) is 8.99. The highest BCUT2D eigenvalue weighted by molar-refractivity contribution is 5.48. The Morgan fingerprint density at radius 1 is 1.05 bits per heavy atom. The summed E-state index contributed by atoms with van der Waals surface area (Å²) >= 11 is 0. The molecule has 2 aromatic carbocycles. The highest BCUT2D eigenvalue weighted by atomic mass is 16.5.